The van der Waals surface area contributed by atoms with Crippen molar-refractivity contribution in [3.63, 3.8) is 0 Å². The van der Waals surface area contributed by atoms with Crippen molar-refractivity contribution in [3.05, 3.63) is 71.4 Å². The predicted octanol–water partition coefficient (Wildman–Crippen LogP) is 6.15. The number of hydrogen-bond donors (Lipinski definition) is 0. The molecule has 0 aliphatic heterocycles. The van der Waals surface area contributed by atoms with Crippen LogP contribution in [0.25, 0.3) is 21.8 Å². The van der Waals surface area contributed by atoms with Crippen LogP contribution in [0.4, 0.5) is 0 Å². The Hall–Kier alpha value is -3.10. The number of hydrogen-bond acceptors (Lipinski definition) is 4. The summed E-state index contributed by atoms with van der Waals surface area (Å²) in [5, 5.41) is 12.2. The molecule has 0 amide bonds. The molecule has 0 radical (unpaired) electrons. The fourth-order valence-corrected chi connectivity index (χ4v) is 5.46. The Balaban J connectivity index is 1.53. The molecule has 0 bridgehead atoms. The van der Waals surface area contributed by atoms with Gasteiger partial charge in [0.2, 0.25) is 5.91 Å². The Morgan fingerprint density at radius 3 is 2.35 bits per heavy atom. The van der Waals surface area contributed by atoms with E-state index in [0.29, 0.717) is 10.6 Å². The van der Waals surface area contributed by atoms with E-state index in [9.17, 15) is 10.1 Å². The summed E-state index contributed by atoms with van der Waals surface area (Å²) in [6, 6.07) is 20.3. The standard InChI is InChI=1S/C26H23N3OS/c1-17(31-25-19(16-27)15-18-9-3-2-4-12-22(18)28-25)26(30)29-23-13-7-5-10-20(23)21-11-6-8-14-24(21)29/h5-8,10-11,13-15,17H,2-4,9,12H2,1H3. The zero-order valence-electron chi connectivity index (χ0n) is 17.5. The first kappa shape index (κ1) is 19.8. The topological polar surface area (TPSA) is 58.7 Å². The van der Waals surface area contributed by atoms with Crippen LogP contribution in [0, 0.1) is 11.3 Å². The highest BCUT2D eigenvalue weighted by molar-refractivity contribution is 8.00. The zero-order chi connectivity index (χ0) is 21.4. The highest BCUT2D eigenvalue weighted by atomic mass is 32.2. The number of para-hydroxylation sites is 2. The van der Waals surface area contributed by atoms with Gasteiger partial charge in [-0.15, -0.1) is 0 Å². The van der Waals surface area contributed by atoms with Crippen molar-refractivity contribution in [2.45, 2.75) is 49.3 Å². The molecule has 1 aliphatic rings. The number of nitriles is 1. The summed E-state index contributed by atoms with van der Waals surface area (Å²) >= 11 is 1.39. The number of benzene rings is 2. The van der Waals surface area contributed by atoms with E-state index in [-0.39, 0.29) is 11.2 Å². The van der Waals surface area contributed by atoms with Crippen molar-refractivity contribution >= 4 is 39.5 Å². The minimum atomic E-state index is -0.373. The number of pyridine rings is 1. The second-order valence-electron chi connectivity index (χ2n) is 8.09. The molecule has 5 heteroatoms. The van der Waals surface area contributed by atoms with Gasteiger partial charge in [-0.05, 0) is 56.4 Å². The molecule has 1 aliphatic carbocycles. The largest absolute Gasteiger partial charge is 0.279 e. The van der Waals surface area contributed by atoms with Gasteiger partial charge in [0, 0.05) is 16.5 Å². The van der Waals surface area contributed by atoms with Crippen molar-refractivity contribution in [2.24, 2.45) is 0 Å². The molecule has 31 heavy (non-hydrogen) atoms. The highest BCUT2D eigenvalue weighted by Gasteiger charge is 2.24. The molecule has 2 heterocycles. The summed E-state index contributed by atoms with van der Waals surface area (Å²) < 4.78 is 1.82. The number of aryl methyl sites for hydroxylation is 2. The molecule has 0 spiro atoms. The van der Waals surface area contributed by atoms with Crippen LogP contribution < -0.4 is 0 Å². The van der Waals surface area contributed by atoms with Crippen LogP contribution in [0.1, 0.15) is 47.8 Å². The van der Waals surface area contributed by atoms with Gasteiger partial charge in [0.05, 0.1) is 21.8 Å². The summed E-state index contributed by atoms with van der Waals surface area (Å²) in [6.45, 7) is 1.91. The average molecular weight is 426 g/mol. The molecule has 154 valence electrons. The van der Waals surface area contributed by atoms with Crippen molar-refractivity contribution in [2.75, 3.05) is 0 Å². The lowest BCUT2D eigenvalue weighted by molar-refractivity contribution is 0.0925. The van der Waals surface area contributed by atoms with Gasteiger partial charge in [0.15, 0.2) is 0 Å². The van der Waals surface area contributed by atoms with E-state index < -0.39 is 0 Å². The second kappa shape index (κ2) is 8.20. The maximum Gasteiger partial charge on any atom is 0.244 e. The van der Waals surface area contributed by atoms with Gasteiger partial charge in [-0.2, -0.15) is 5.26 Å². The molecule has 1 atom stereocenters. The normalized spacial score (nSPS) is 14.7. The van der Waals surface area contributed by atoms with E-state index in [1.807, 2.05) is 54.0 Å². The number of carbonyl (C=O) groups excluding carboxylic acids is 1. The molecule has 2 aromatic heterocycles. The third kappa shape index (κ3) is 3.51. The maximum absolute atomic E-state index is 13.6. The molecule has 4 nitrogen and oxygen atoms in total. The van der Waals surface area contributed by atoms with Gasteiger partial charge in [-0.25, -0.2) is 4.98 Å². The minimum Gasteiger partial charge on any atom is -0.279 e. The number of thioether (sulfide) groups is 1. The second-order valence-corrected chi connectivity index (χ2v) is 9.42. The van der Waals surface area contributed by atoms with Gasteiger partial charge in [0.1, 0.15) is 11.1 Å². The third-order valence-electron chi connectivity index (χ3n) is 6.07. The summed E-state index contributed by atoms with van der Waals surface area (Å²) in [7, 11) is 0. The van der Waals surface area contributed by atoms with E-state index in [2.05, 4.69) is 18.2 Å². The van der Waals surface area contributed by atoms with Crippen LogP contribution in [-0.4, -0.2) is 20.7 Å². The third-order valence-corrected chi connectivity index (χ3v) is 7.16. The van der Waals surface area contributed by atoms with Gasteiger partial charge in [0.25, 0.3) is 0 Å². The number of carbonyl (C=O) groups is 1. The fourth-order valence-electron chi connectivity index (χ4n) is 4.52. The molecule has 5 rings (SSSR count). The van der Waals surface area contributed by atoms with Crippen LogP contribution in [0.15, 0.2) is 59.6 Å². The average Bonchev–Trinajstić information content (AvgIpc) is 2.95. The Bertz CT molecular complexity index is 1300. The van der Waals surface area contributed by atoms with Crippen LogP contribution >= 0.6 is 11.8 Å². The fraction of sp³-hybridized carbons (Fsp3) is 0.269. The zero-order valence-corrected chi connectivity index (χ0v) is 18.3. The molecule has 2 aromatic carbocycles. The van der Waals surface area contributed by atoms with Crippen LogP contribution in [0.2, 0.25) is 0 Å². The molecule has 0 N–H and O–H groups in total. The lowest BCUT2D eigenvalue weighted by atomic mass is 10.1. The summed E-state index contributed by atoms with van der Waals surface area (Å²) in [5.74, 6) is 0.00281. The van der Waals surface area contributed by atoms with Crippen molar-refractivity contribution in [1.82, 2.24) is 9.55 Å². The van der Waals surface area contributed by atoms with Crippen molar-refractivity contribution in [1.29, 1.82) is 5.26 Å². The molecule has 4 aromatic rings. The predicted molar refractivity (Wildman–Crippen MR) is 126 cm³/mol. The number of aromatic nitrogens is 2. The molecular formula is C26H23N3OS. The SMILES string of the molecule is CC(Sc1nc2c(cc1C#N)CCCCC2)C(=O)n1c2ccccc2c2ccccc21. The molecule has 0 saturated heterocycles. The van der Waals surface area contributed by atoms with E-state index in [1.54, 1.807) is 0 Å². The Morgan fingerprint density at radius 2 is 1.68 bits per heavy atom. The molecule has 0 fully saturated rings. The van der Waals surface area contributed by atoms with E-state index in [1.165, 1.54) is 23.7 Å². The van der Waals surface area contributed by atoms with Crippen LogP contribution in [0.3, 0.4) is 0 Å². The molecule has 0 saturated carbocycles. The van der Waals surface area contributed by atoms with Crippen molar-refractivity contribution in [3.8, 4) is 6.07 Å². The van der Waals surface area contributed by atoms with Gasteiger partial charge >= 0.3 is 0 Å². The van der Waals surface area contributed by atoms with E-state index >= 15 is 0 Å². The van der Waals surface area contributed by atoms with Gasteiger partial charge in [-0.3, -0.25) is 9.36 Å². The molecular weight excluding hydrogens is 402 g/mol. The maximum atomic E-state index is 13.6. The Labute approximate surface area is 185 Å². The van der Waals surface area contributed by atoms with Crippen LogP contribution in [-0.2, 0) is 12.8 Å². The van der Waals surface area contributed by atoms with E-state index in [0.717, 1.165) is 53.2 Å². The summed E-state index contributed by atoms with van der Waals surface area (Å²) in [5.41, 5.74) is 4.69. The molecule has 1 unspecified atom stereocenters. The first-order chi connectivity index (χ1) is 15.2. The van der Waals surface area contributed by atoms with Crippen LogP contribution in [0.5, 0.6) is 0 Å². The number of rotatable bonds is 3. The smallest absolute Gasteiger partial charge is 0.244 e. The van der Waals surface area contributed by atoms with Gasteiger partial charge < -0.3 is 0 Å². The number of nitrogens with zero attached hydrogens (tertiary/aromatic N) is 3. The Kier molecular flexibility index (Phi) is 5.25. The summed E-state index contributed by atoms with van der Waals surface area (Å²) in [6.07, 6.45) is 5.41. The van der Waals surface area contributed by atoms with Gasteiger partial charge in [-0.1, -0.05) is 54.6 Å². The monoisotopic (exact) mass is 425 g/mol. The lowest BCUT2D eigenvalue weighted by Gasteiger charge is -2.15. The highest BCUT2D eigenvalue weighted by Crippen LogP contribution is 2.33. The first-order valence-corrected chi connectivity index (χ1v) is 11.7. The van der Waals surface area contributed by atoms with Crippen molar-refractivity contribution < 1.29 is 4.79 Å². The number of fused-ring (bicyclic) bond motifs is 4. The first-order valence-electron chi connectivity index (χ1n) is 10.8. The quantitative estimate of drug-likeness (QED) is 0.292. The summed E-state index contributed by atoms with van der Waals surface area (Å²) in [4.78, 5) is 18.5. The Morgan fingerprint density at radius 1 is 1.03 bits per heavy atom. The minimum absolute atomic E-state index is 0.00281. The van der Waals surface area contributed by atoms with E-state index in [4.69, 9.17) is 4.98 Å². The lowest BCUT2D eigenvalue weighted by Crippen LogP contribution is -2.21.